The molecule has 0 spiro atoms. The Balaban J connectivity index is 2.18. The number of hydrogen-bond acceptors (Lipinski definition) is 1. The zero-order chi connectivity index (χ0) is 13.8. The molecule has 1 fully saturated rings. The molecule has 0 aromatic heterocycles. The number of rotatable bonds is 4. The van der Waals surface area contributed by atoms with Crippen molar-refractivity contribution < 1.29 is 4.79 Å². The van der Waals surface area contributed by atoms with E-state index in [0.29, 0.717) is 21.7 Å². The minimum Gasteiger partial charge on any atom is -0.336 e. The highest BCUT2D eigenvalue weighted by Crippen LogP contribution is 2.30. The van der Waals surface area contributed by atoms with Crippen molar-refractivity contribution in [3.05, 3.63) is 33.8 Å². The van der Waals surface area contributed by atoms with Crippen molar-refractivity contribution in [1.82, 2.24) is 4.90 Å². The molecule has 0 saturated carbocycles. The number of hydrogen-bond donors (Lipinski definition) is 0. The summed E-state index contributed by atoms with van der Waals surface area (Å²) in [6.45, 7) is 0.799. The van der Waals surface area contributed by atoms with E-state index >= 15 is 0 Å². The second kappa shape index (κ2) is 6.96. The van der Waals surface area contributed by atoms with Crippen molar-refractivity contribution in [2.75, 3.05) is 11.9 Å². The lowest BCUT2D eigenvalue weighted by Gasteiger charge is -2.25. The number of carbonyl (C=O) groups excluding carboxylic acids is 1. The molecular weight excluding hydrogens is 349 g/mol. The van der Waals surface area contributed by atoms with Crippen molar-refractivity contribution >= 4 is 45.0 Å². The van der Waals surface area contributed by atoms with Crippen LogP contribution in [0, 0.1) is 0 Å². The number of halogens is 3. The third-order valence-electron chi connectivity index (χ3n) is 3.49. The van der Waals surface area contributed by atoms with E-state index in [9.17, 15) is 4.79 Å². The third-order valence-corrected chi connectivity index (χ3v) is 4.68. The van der Waals surface area contributed by atoms with Crippen LogP contribution >= 0.6 is 39.1 Å². The van der Waals surface area contributed by atoms with Crippen LogP contribution in [0.5, 0.6) is 0 Å². The first-order valence-corrected chi connectivity index (χ1v) is 8.34. The van der Waals surface area contributed by atoms with E-state index in [1.54, 1.807) is 18.2 Å². The standard InChI is InChI=1S/C14H16BrCl2NO/c15-8-2-4-10-5-3-9-18(10)14(19)13-11(16)6-1-7-12(13)17/h1,6-7,10H,2-5,8-9H2. The summed E-state index contributed by atoms with van der Waals surface area (Å²) in [7, 11) is 0. The molecule has 1 aliphatic rings. The summed E-state index contributed by atoms with van der Waals surface area (Å²) in [6, 6.07) is 5.50. The van der Waals surface area contributed by atoms with Crippen molar-refractivity contribution in [2.24, 2.45) is 0 Å². The Kier molecular flexibility index (Phi) is 5.55. The Morgan fingerprint density at radius 3 is 2.68 bits per heavy atom. The minimum atomic E-state index is -0.0346. The van der Waals surface area contributed by atoms with E-state index < -0.39 is 0 Å². The molecule has 0 bridgehead atoms. The average Bonchev–Trinajstić information content (AvgIpc) is 2.84. The molecule has 104 valence electrons. The van der Waals surface area contributed by atoms with Crippen molar-refractivity contribution in [1.29, 1.82) is 0 Å². The molecule has 5 heteroatoms. The minimum absolute atomic E-state index is 0.0346. The van der Waals surface area contributed by atoms with Crippen LogP contribution in [0.1, 0.15) is 36.0 Å². The van der Waals surface area contributed by atoms with Crippen LogP contribution in [-0.4, -0.2) is 28.7 Å². The molecule has 2 nitrogen and oxygen atoms in total. The zero-order valence-corrected chi connectivity index (χ0v) is 13.6. The first kappa shape index (κ1) is 15.1. The molecule has 0 N–H and O–H groups in total. The van der Waals surface area contributed by atoms with Crippen molar-refractivity contribution in [3.8, 4) is 0 Å². The number of likely N-dealkylation sites (tertiary alicyclic amines) is 1. The van der Waals surface area contributed by atoms with Gasteiger partial charge in [-0.1, -0.05) is 45.2 Å². The normalized spacial score (nSPS) is 18.9. The molecule has 1 aliphatic heterocycles. The van der Waals surface area contributed by atoms with Crippen LogP contribution in [-0.2, 0) is 0 Å². The van der Waals surface area contributed by atoms with Crippen LogP contribution in [0.3, 0.4) is 0 Å². The Morgan fingerprint density at radius 2 is 2.05 bits per heavy atom. The lowest BCUT2D eigenvalue weighted by atomic mass is 10.1. The van der Waals surface area contributed by atoms with Crippen LogP contribution in [0.25, 0.3) is 0 Å². The predicted octanol–water partition coefficient (Wildman–Crippen LogP) is 4.77. The second-order valence-electron chi connectivity index (χ2n) is 4.72. The summed E-state index contributed by atoms with van der Waals surface area (Å²) in [5.74, 6) is -0.0346. The van der Waals surface area contributed by atoms with Crippen LogP contribution in [0.4, 0.5) is 0 Å². The molecule has 1 heterocycles. The van der Waals surface area contributed by atoms with Gasteiger partial charge in [-0.25, -0.2) is 0 Å². The maximum absolute atomic E-state index is 12.6. The highest BCUT2D eigenvalue weighted by Gasteiger charge is 2.30. The SMILES string of the molecule is O=C(c1c(Cl)cccc1Cl)N1CCCC1CCCBr. The van der Waals surface area contributed by atoms with Gasteiger partial charge in [0.05, 0.1) is 15.6 Å². The van der Waals surface area contributed by atoms with Crippen LogP contribution in [0.2, 0.25) is 10.0 Å². The summed E-state index contributed by atoms with van der Waals surface area (Å²) in [5, 5.41) is 1.84. The van der Waals surface area contributed by atoms with Gasteiger partial charge in [0.15, 0.2) is 0 Å². The summed E-state index contributed by atoms with van der Waals surface area (Å²) >= 11 is 15.7. The third kappa shape index (κ3) is 3.45. The van der Waals surface area contributed by atoms with Crippen molar-refractivity contribution in [3.63, 3.8) is 0 Å². The van der Waals surface area contributed by atoms with Gasteiger partial charge in [-0.2, -0.15) is 0 Å². The van der Waals surface area contributed by atoms with E-state index in [-0.39, 0.29) is 5.91 Å². The molecular formula is C14H16BrCl2NO. The van der Waals surface area contributed by atoms with Gasteiger partial charge in [-0.05, 0) is 37.8 Å². The summed E-state index contributed by atoms with van der Waals surface area (Å²) in [5.41, 5.74) is 0.441. The summed E-state index contributed by atoms with van der Waals surface area (Å²) in [4.78, 5) is 14.5. The predicted molar refractivity (Wildman–Crippen MR) is 83.5 cm³/mol. The van der Waals surface area contributed by atoms with Gasteiger partial charge in [-0.3, -0.25) is 4.79 Å². The first-order valence-electron chi connectivity index (χ1n) is 6.46. The molecule has 0 radical (unpaired) electrons. The molecule has 1 aromatic rings. The molecule has 19 heavy (non-hydrogen) atoms. The average molecular weight is 365 g/mol. The molecule has 1 atom stereocenters. The number of amides is 1. The Bertz CT molecular complexity index is 447. The lowest BCUT2D eigenvalue weighted by Crippen LogP contribution is -2.35. The van der Waals surface area contributed by atoms with Gasteiger partial charge in [0.25, 0.3) is 5.91 Å². The fourth-order valence-corrected chi connectivity index (χ4v) is 3.44. The largest absolute Gasteiger partial charge is 0.336 e. The van der Waals surface area contributed by atoms with Gasteiger partial charge in [0.1, 0.15) is 0 Å². The highest BCUT2D eigenvalue weighted by atomic mass is 79.9. The molecule has 0 aliphatic carbocycles. The molecule has 1 amide bonds. The maximum atomic E-state index is 12.6. The van der Waals surface area contributed by atoms with E-state index in [2.05, 4.69) is 15.9 Å². The monoisotopic (exact) mass is 363 g/mol. The van der Waals surface area contributed by atoms with Gasteiger partial charge < -0.3 is 4.90 Å². The van der Waals surface area contributed by atoms with Crippen molar-refractivity contribution in [2.45, 2.75) is 31.7 Å². The second-order valence-corrected chi connectivity index (χ2v) is 6.33. The number of alkyl halides is 1. The lowest BCUT2D eigenvalue weighted by molar-refractivity contribution is 0.0730. The highest BCUT2D eigenvalue weighted by molar-refractivity contribution is 9.09. The van der Waals surface area contributed by atoms with Gasteiger partial charge in [0, 0.05) is 17.9 Å². The number of benzene rings is 1. The topological polar surface area (TPSA) is 20.3 Å². The van der Waals surface area contributed by atoms with Crippen LogP contribution < -0.4 is 0 Å². The molecule has 1 aromatic carbocycles. The number of nitrogens with zero attached hydrogens (tertiary/aromatic N) is 1. The Labute approximate surface area is 132 Å². The summed E-state index contributed by atoms with van der Waals surface area (Å²) in [6.07, 6.45) is 4.23. The van der Waals surface area contributed by atoms with E-state index in [1.807, 2.05) is 4.90 Å². The zero-order valence-electron chi connectivity index (χ0n) is 10.5. The van der Waals surface area contributed by atoms with Gasteiger partial charge >= 0.3 is 0 Å². The molecule has 1 unspecified atom stereocenters. The summed E-state index contributed by atoms with van der Waals surface area (Å²) < 4.78 is 0. The molecule has 1 saturated heterocycles. The Morgan fingerprint density at radius 1 is 1.37 bits per heavy atom. The Hall–Kier alpha value is -0.250. The fourth-order valence-electron chi connectivity index (χ4n) is 2.56. The van der Waals surface area contributed by atoms with E-state index in [0.717, 1.165) is 37.6 Å². The van der Waals surface area contributed by atoms with Gasteiger partial charge in [0.2, 0.25) is 0 Å². The first-order chi connectivity index (χ1) is 9.15. The van der Waals surface area contributed by atoms with E-state index in [4.69, 9.17) is 23.2 Å². The fraction of sp³-hybridized carbons (Fsp3) is 0.500. The van der Waals surface area contributed by atoms with Gasteiger partial charge in [-0.15, -0.1) is 0 Å². The molecule has 2 rings (SSSR count). The van der Waals surface area contributed by atoms with E-state index in [1.165, 1.54) is 0 Å². The van der Waals surface area contributed by atoms with Crippen LogP contribution in [0.15, 0.2) is 18.2 Å². The maximum Gasteiger partial charge on any atom is 0.257 e. The quantitative estimate of drug-likeness (QED) is 0.704. The smallest absolute Gasteiger partial charge is 0.257 e. The number of carbonyl (C=O) groups is 1.